The largest absolute Gasteiger partial charge is 0.317 e. The third kappa shape index (κ3) is 5.45. The number of hydrogen-bond acceptors (Lipinski definition) is 3. The molecular formula is C14H26N4. The summed E-state index contributed by atoms with van der Waals surface area (Å²) in [6, 6.07) is 0. The summed E-state index contributed by atoms with van der Waals surface area (Å²) >= 11 is 0. The lowest BCUT2D eigenvalue weighted by atomic mass is 10.1. The highest BCUT2D eigenvalue weighted by molar-refractivity contribution is 5.06. The normalized spacial score (nSPS) is 12.4. The number of rotatable bonds is 8. The van der Waals surface area contributed by atoms with Gasteiger partial charge in [0, 0.05) is 13.0 Å². The van der Waals surface area contributed by atoms with Crippen molar-refractivity contribution in [3.8, 4) is 0 Å². The molecule has 0 saturated carbocycles. The van der Waals surface area contributed by atoms with Crippen LogP contribution in [0.5, 0.6) is 0 Å². The van der Waals surface area contributed by atoms with E-state index < -0.39 is 0 Å². The molecule has 1 aromatic rings. The van der Waals surface area contributed by atoms with E-state index >= 15 is 0 Å². The van der Waals surface area contributed by atoms with E-state index in [1.54, 1.807) is 6.33 Å². The third-order valence-corrected chi connectivity index (χ3v) is 2.73. The van der Waals surface area contributed by atoms with E-state index in [0.29, 0.717) is 5.92 Å². The molecule has 1 N–H and O–H groups in total. The van der Waals surface area contributed by atoms with Crippen LogP contribution in [0, 0.1) is 5.92 Å². The summed E-state index contributed by atoms with van der Waals surface area (Å²) in [5.41, 5.74) is 1.37. The Morgan fingerprint density at radius 3 is 2.94 bits per heavy atom. The molecule has 0 saturated heterocycles. The zero-order chi connectivity index (χ0) is 13.4. The van der Waals surface area contributed by atoms with Crippen LogP contribution in [0.3, 0.4) is 0 Å². The van der Waals surface area contributed by atoms with E-state index in [-0.39, 0.29) is 0 Å². The molecule has 1 rings (SSSR count). The Kier molecular flexibility index (Phi) is 6.65. The fourth-order valence-corrected chi connectivity index (χ4v) is 1.84. The molecule has 0 aromatic carbocycles. The minimum atomic E-state index is 0.600. The highest BCUT2D eigenvalue weighted by Gasteiger charge is 2.06. The Bertz CT molecular complexity index is 366. The number of hydrogen-bond donors (Lipinski definition) is 1. The van der Waals surface area contributed by atoms with Gasteiger partial charge in [-0.3, -0.25) is 0 Å². The van der Waals surface area contributed by atoms with Gasteiger partial charge in [-0.15, -0.1) is 0 Å². The lowest BCUT2D eigenvalue weighted by Crippen LogP contribution is -2.13. The average Bonchev–Trinajstić information content (AvgIpc) is 2.71. The molecule has 1 aromatic heterocycles. The van der Waals surface area contributed by atoms with Crippen molar-refractivity contribution in [1.29, 1.82) is 0 Å². The predicted octanol–water partition coefficient (Wildman–Crippen LogP) is 2.42. The van der Waals surface area contributed by atoms with Crippen molar-refractivity contribution >= 4 is 0 Å². The number of aromatic nitrogens is 3. The van der Waals surface area contributed by atoms with Gasteiger partial charge in [-0.1, -0.05) is 32.4 Å². The standard InChI is InChI=1S/C14H26N4/c1-5-15-8-6-7-13(4)9-14-16-11-17-18(14)10-12(2)3/h7,11-12,15H,5-6,8-10H2,1-4H3. The Labute approximate surface area is 110 Å². The molecule has 4 heteroatoms. The molecule has 1 heterocycles. The average molecular weight is 250 g/mol. The van der Waals surface area contributed by atoms with Crippen LogP contribution in [0.15, 0.2) is 18.0 Å². The van der Waals surface area contributed by atoms with Crippen LogP contribution in [-0.2, 0) is 13.0 Å². The number of nitrogens with zero attached hydrogens (tertiary/aromatic N) is 3. The lowest BCUT2D eigenvalue weighted by molar-refractivity contribution is 0.468. The minimum Gasteiger partial charge on any atom is -0.317 e. The Morgan fingerprint density at radius 1 is 1.50 bits per heavy atom. The summed E-state index contributed by atoms with van der Waals surface area (Å²) in [7, 11) is 0. The summed E-state index contributed by atoms with van der Waals surface area (Å²) in [5.74, 6) is 1.67. The van der Waals surface area contributed by atoms with E-state index in [1.807, 2.05) is 4.68 Å². The van der Waals surface area contributed by atoms with Crippen LogP contribution in [0.25, 0.3) is 0 Å². The first-order chi connectivity index (χ1) is 8.63. The molecule has 0 bridgehead atoms. The molecule has 0 atom stereocenters. The van der Waals surface area contributed by atoms with Gasteiger partial charge in [-0.2, -0.15) is 5.10 Å². The highest BCUT2D eigenvalue weighted by Crippen LogP contribution is 2.07. The van der Waals surface area contributed by atoms with E-state index in [4.69, 9.17) is 0 Å². The van der Waals surface area contributed by atoms with Crippen molar-refractivity contribution in [3.63, 3.8) is 0 Å². The Morgan fingerprint density at radius 2 is 2.28 bits per heavy atom. The van der Waals surface area contributed by atoms with Gasteiger partial charge in [0.05, 0.1) is 0 Å². The van der Waals surface area contributed by atoms with Gasteiger partial charge in [0.25, 0.3) is 0 Å². The van der Waals surface area contributed by atoms with Gasteiger partial charge in [-0.25, -0.2) is 9.67 Å². The van der Waals surface area contributed by atoms with Gasteiger partial charge in [0.15, 0.2) is 0 Å². The number of allylic oxidation sites excluding steroid dienone is 1. The summed E-state index contributed by atoms with van der Waals surface area (Å²) in [5, 5.41) is 7.61. The van der Waals surface area contributed by atoms with Crippen molar-refractivity contribution in [3.05, 3.63) is 23.8 Å². The van der Waals surface area contributed by atoms with E-state index in [0.717, 1.165) is 38.3 Å². The second kappa shape index (κ2) is 8.03. The molecule has 0 aliphatic heterocycles. The van der Waals surface area contributed by atoms with E-state index in [1.165, 1.54) is 5.57 Å². The molecule has 0 amide bonds. The van der Waals surface area contributed by atoms with Crippen molar-refractivity contribution in [2.75, 3.05) is 13.1 Å². The fourth-order valence-electron chi connectivity index (χ4n) is 1.84. The zero-order valence-corrected chi connectivity index (χ0v) is 12.1. The molecule has 0 aliphatic carbocycles. The highest BCUT2D eigenvalue weighted by atomic mass is 15.3. The monoisotopic (exact) mass is 250 g/mol. The Balaban J connectivity index is 2.48. The minimum absolute atomic E-state index is 0.600. The smallest absolute Gasteiger partial charge is 0.138 e. The van der Waals surface area contributed by atoms with Gasteiger partial charge < -0.3 is 5.32 Å². The van der Waals surface area contributed by atoms with Crippen molar-refractivity contribution in [2.45, 2.75) is 47.1 Å². The molecule has 0 fully saturated rings. The fraction of sp³-hybridized carbons (Fsp3) is 0.714. The molecule has 4 nitrogen and oxygen atoms in total. The van der Waals surface area contributed by atoms with Crippen LogP contribution in [0.1, 0.15) is 39.9 Å². The molecule has 0 unspecified atom stereocenters. The molecule has 0 aliphatic rings. The van der Waals surface area contributed by atoms with E-state index in [9.17, 15) is 0 Å². The van der Waals surface area contributed by atoms with Crippen molar-refractivity contribution in [1.82, 2.24) is 20.1 Å². The molecule has 0 radical (unpaired) electrons. The molecule has 102 valence electrons. The Hall–Kier alpha value is -1.16. The second-order valence-corrected chi connectivity index (χ2v) is 5.12. The zero-order valence-electron chi connectivity index (χ0n) is 12.1. The van der Waals surface area contributed by atoms with Crippen LogP contribution in [0.4, 0.5) is 0 Å². The third-order valence-electron chi connectivity index (χ3n) is 2.73. The second-order valence-electron chi connectivity index (χ2n) is 5.12. The van der Waals surface area contributed by atoms with Gasteiger partial charge >= 0.3 is 0 Å². The summed E-state index contributed by atoms with van der Waals surface area (Å²) in [6.07, 6.45) is 5.93. The summed E-state index contributed by atoms with van der Waals surface area (Å²) in [4.78, 5) is 4.35. The van der Waals surface area contributed by atoms with Gasteiger partial charge in [-0.05, 0) is 32.4 Å². The molecule has 0 spiro atoms. The van der Waals surface area contributed by atoms with Crippen molar-refractivity contribution < 1.29 is 0 Å². The van der Waals surface area contributed by atoms with Gasteiger partial charge in [0.2, 0.25) is 0 Å². The number of nitrogens with one attached hydrogen (secondary N) is 1. The topological polar surface area (TPSA) is 42.7 Å². The molecule has 18 heavy (non-hydrogen) atoms. The maximum atomic E-state index is 4.35. The quantitative estimate of drug-likeness (QED) is 0.569. The summed E-state index contributed by atoms with van der Waals surface area (Å²) < 4.78 is 2.02. The first kappa shape index (κ1) is 14.9. The van der Waals surface area contributed by atoms with Crippen LogP contribution < -0.4 is 5.32 Å². The van der Waals surface area contributed by atoms with Crippen LogP contribution in [0.2, 0.25) is 0 Å². The SMILES string of the molecule is CCNCCC=C(C)Cc1ncnn1CC(C)C. The maximum Gasteiger partial charge on any atom is 0.138 e. The summed E-state index contributed by atoms with van der Waals surface area (Å²) in [6.45, 7) is 11.7. The predicted molar refractivity (Wildman–Crippen MR) is 75.5 cm³/mol. The lowest BCUT2D eigenvalue weighted by Gasteiger charge is -2.08. The van der Waals surface area contributed by atoms with Gasteiger partial charge in [0.1, 0.15) is 12.2 Å². The molecular weight excluding hydrogens is 224 g/mol. The first-order valence-electron chi connectivity index (χ1n) is 6.86. The van der Waals surface area contributed by atoms with Crippen LogP contribution >= 0.6 is 0 Å². The first-order valence-corrected chi connectivity index (χ1v) is 6.86. The van der Waals surface area contributed by atoms with E-state index in [2.05, 4.69) is 49.2 Å². The maximum absolute atomic E-state index is 4.35. The van der Waals surface area contributed by atoms with Crippen molar-refractivity contribution in [2.24, 2.45) is 5.92 Å². The van der Waals surface area contributed by atoms with Crippen LogP contribution in [-0.4, -0.2) is 27.9 Å².